The standard InChI is InChI=1S/C22H24ClFN2O2S/c23-19-15-17(8-9-20(19)24)25-22(28)16-10-12-26(13-11-16)21(27)7-4-14-29-18-5-2-1-3-6-18/h1-3,5-6,8-9,15-16H,4,7,10-14H2,(H,25,28). The zero-order chi connectivity index (χ0) is 20.6. The highest BCUT2D eigenvalue weighted by Gasteiger charge is 2.27. The van der Waals surface area contributed by atoms with E-state index in [0.29, 0.717) is 38.0 Å². The summed E-state index contributed by atoms with van der Waals surface area (Å²) in [6.07, 6.45) is 2.63. The van der Waals surface area contributed by atoms with Gasteiger partial charge < -0.3 is 10.2 Å². The molecule has 29 heavy (non-hydrogen) atoms. The van der Waals surface area contributed by atoms with Crippen LogP contribution < -0.4 is 5.32 Å². The molecule has 0 bridgehead atoms. The average molecular weight is 435 g/mol. The number of hydrogen-bond donors (Lipinski definition) is 1. The molecular weight excluding hydrogens is 411 g/mol. The third kappa shape index (κ3) is 6.47. The maximum absolute atomic E-state index is 13.2. The highest BCUT2D eigenvalue weighted by Crippen LogP contribution is 2.24. The van der Waals surface area contributed by atoms with Gasteiger partial charge in [-0.1, -0.05) is 29.8 Å². The first-order valence-corrected chi connectivity index (χ1v) is 11.1. The lowest BCUT2D eigenvalue weighted by Gasteiger charge is -2.31. The summed E-state index contributed by atoms with van der Waals surface area (Å²) >= 11 is 7.51. The summed E-state index contributed by atoms with van der Waals surface area (Å²) in [6.45, 7) is 1.18. The molecule has 2 aromatic carbocycles. The number of amides is 2. The predicted molar refractivity (Wildman–Crippen MR) is 116 cm³/mol. The Morgan fingerprint density at radius 1 is 1.14 bits per heavy atom. The lowest BCUT2D eigenvalue weighted by atomic mass is 9.95. The van der Waals surface area contributed by atoms with Crippen LogP contribution in [0.25, 0.3) is 0 Å². The lowest BCUT2D eigenvalue weighted by Crippen LogP contribution is -2.41. The summed E-state index contributed by atoms with van der Waals surface area (Å²) in [5, 5.41) is 2.77. The molecule has 0 atom stereocenters. The minimum Gasteiger partial charge on any atom is -0.343 e. The van der Waals surface area contributed by atoms with E-state index in [-0.39, 0.29) is 22.8 Å². The van der Waals surface area contributed by atoms with Crippen LogP contribution in [0.1, 0.15) is 25.7 Å². The number of carbonyl (C=O) groups is 2. The van der Waals surface area contributed by atoms with E-state index in [1.807, 2.05) is 23.1 Å². The largest absolute Gasteiger partial charge is 0.343 e. The number of nitrogens with zero attached hydrogens (tertiary/aromatic N) is 1. The smallest absolute Gasteiger partial charge is 0.227 e. The van der Waals surface area contributed by atoms with Gasteiger partial charge in [0.2, 0.25) is 11.8 Å². The van der Waals surface area contributed by atoms with Crippen LogP contribution in [0.5, 0.6) is 0 Å². The van der Waals surface area contributed by atoms with Gasteiger partial charge in [-0.15, -0.1) is 11.8 Å². The average Bonchev–Trinajstić information content (AvgIpc) is 2.74. The molecule has 1 heterocycles. The number of rotatable bonds is 7. The predicted octanol–water partition coefficient (Wildman–Crippen LogP) is 5.23. The molecule has 0 spiro atoms. The number of benzene rings is 2. The Bertz CT molecular complexity index is 842. The van der Waals surface area contributed by atoms with E-state index in [9.17, 15) is 14.0 Å². The third-order valence-electron chi connectivity index (χ3n) is 4.95. The second-order valence-electron chi connectivity index (χ2n) is 7.04. The van der Waals surface area contributed by atoms with Gasteiger partial charge in [-0.2, -0.15) is 0 Å². The van der Waals surface area contributed by atoms with Gasteiger partial charge in [0.15, 0.2) is 0 Å². The van der Waals surface area contributed by atoms with Gasteiger partial charge in [0, 0.05) is 36.0 Å². The quantitative estimate of drug-likeness (QED) is 0.479. The fourth-order valence-corrected chi connectivity index (χ4v) is 4.35. The van der Waals surface area contributed by atoms with Gasteiger partial charge >= 0.3 is 0 Å². The number of thioether (sulfide) groups is 1. The fraction of sp³-hybridized carbons (Fsp3) is 0.364. The number of nitrogens with one attached hydrogen (secondary N) is 1. The number of hydrogen-bond acceptors (Lipinski definition) is 3. The molecule has 3 rings (SSSR count). The number of piperidine rings is 1. The van der Waals surface area contributed by atoms with Crippen LogP contribution in [0.3, 0.4) is 0 Å². The molecule has 0 saturated carbocycles. The number of carbonyl (C=O) groups excluding carboxylic acids is 2. The fourth-order valence-electron chi connectivity index (χ4n) is 3.30. The van der Waals surface area contributed by atoms with Crippen LogP contribution in [0, 0.1) is 11.7 Å². The van der Waals surface area contributed by atoms with Gasteiger partial charge in [-0.3, -0.25) is 9.59 Å². The summed E-state index contributed by atoms with van der Waals surface area (Å²) < 4.78 is 13.2. The Kier molecular flexibility index (Phi) is 7.95. The Hall–Kier alpha value is -2.05. The number of anilines is 1. The van der Waals surface area contributed by atoms with Crippen molar-refractivity contribution in [3.8, 4) is 0 Å². The summed E-state index contributed by atoms with van der Waals surface area (Å²) in [6, 6.07) is 14.3. The molecule has 1 aliphatic rings. The topological polar surface area (TPSA) is 49.4 Å². The molecular formula is C22H24ClFN2O2S. The van der Waals surface area contributed by atoms with E-state index >= 15 is 0 Å². The van der Waals surface area contributed by atoms with E-state index in [0.717, 1.165) is 12.2 Å². The second-order valence-corrected chi connectivity index (χ2v) is 8.61. The van der Waals surface area contributed by atoms with Crippen LogP contribution >= 0.6 is 23.4 Å². The summed E-state index contributed by atoms with van der Waals surface area (Å²) in [4.78, 5) is 27.9. The van der Waals surface area contributed by atoms with Crippen molar-refractivity contribution < 1.29 is 14.0 Å². The summed E-state index contributed by atoms with van der Waals surface area (Å²) in [7, 11) is 0. The van der Waals surface area contributed by atoms with Gasteiger partial charge in [0.05, 0.1) is 5.02 Å². The Labute approximate surface area is 179 Å². The molecule has 1 fully saturated rings. The maximum atomic E-state index is 13.2. The lowest BCUT2D eigenvalue weighted by molar-refractivity contribution is -0.134. The van der Waals surface area contributed by atoms with Gasteiger partial charge in [-0.05, 0) is 55.3 Å². The molecule has 1 saturated heterocycles. The Morgan fingerprint density at radius 3 is 2.55 bits per heavy atom. The van der Waals surface area contributed by atoms with Crippen molar-refractivity contribution in [2.24, 2.45) is 5.92 Å². The zero-order valence-corrected chi connectivity index (χ0v) is 17.6. The van der Waals surface area contributed by atoms with Crippen molar-refractivity contribution >= 4 is 40.9 Å². The van der Waals surface area contributed by atoms with Gasteiger partial charge in [-0.25, -0.2) is 4.39 Å². The van der Waals surface area contributed by atoms with Crippen LogP contribution in [-0.2, 0) is 9.59 Å². The van der Waals surface area contributed by atoms with Crippen LogP contribution in [0.4, 0.5) is 10.1 Å². The summed E-state index contributed by atoms with van der Waals surface area (Å²) in [5.74, 6) is 0.284. The van der Waals surface area contributed by atoms with Crippen LogP contribution in [0.2, 0.25) is 5.02 Å². The Morgan fingerprint density at radius 2 is 1.86 bits per heavy atom. The normalized spacial score (nSPS) is 14.6. The first kappa shape index (κ1) is 21.7. The zero-order valence-electron chi connectivity index (χ0n) is 16.1. The van der Waals surface area contributed by atoms with E-state index in [4.69, 9.17) is 11.6 Å². The van der Waals surface area contributed by atoms with E-state index in [2.05, 4.69) is 17.4 Å². The van der Waals surface area contributed by atoms with E-state index in [1.165, 1.54) is 23.1 Å². The van der Waals surface area contributed by atoms with Crippen molar-refractivity contribution in [3.63, 3.8) is 0 Å². The molecule has 0 aliphatic carbocycles. The minimum absolute atomic E-state index is 0.0198. The molecule has 2 amide bonds. The number of likely N-dealkylation sites (tertiary alicyclic amines) is 1. The Balaban J connectivity index is 1.37. The molecule has 0 unspecified atom stereocenters. The van der Waals surface area contributed by atoms with Gasteiger partial charge in [0.25, 0.3) is 0 Å². The molecule has 0 aromatic heterocycles. The summed E-state index contributed by atoms with van der Waals surface area (Å²) in [5.41, 5.74) is 0.482. The monoisotopic (exact) mass is 434 g/mol. The minimum atomic E-state index is -0.515. The first-order chi connectivity index (χ1) is 14.0. The SMILES string of the molecule is O=C(Nc1ccc(F)c(Cl)c1)C1CCN(C(=O)CCCSc2ccccc2)CC1. The second kappa shape index (κ2) is 10.6. The molecule has 154 valence electrons. The molecule has 1 aliphatic heterocycles. The molecule has 0 radical (unpaired) electrons. The van der Waals surface area contributed by atoms with Crippen molar-refractivity contribution in [1.82, 2.24) is 4.90 Å². The molecule has 1 N–H and O–H groups in total. The highest BCUT2D eigenvalue weighted by molar-refractivity contribution is 7.99. The van der Waals surface area contributed by atoms with Crippen molar-refractivity contribution in [1.29, 1.82) is 0 Å². The van der Waals surface area contributed by atoms with Crippen LogP contribution in [0.15, 0.2) is 53.4 Å². The maximum Gasteiger partial charge on any atom is 0.227 e. The number of halogens is 2. The molecule has 4 nitrogen and oxygen atoms in total. The molecule has 7 heteroatoms. The van der Waals surface area contributed by atoms with Crippen molar-refractivity contribution in [2.75, 3.05) is 24.2 Å². The third-order valence-corrected chi connectivity index (χ3v) is 6.34. The van der Waals surface area contributed by atoms with E-state index < -0.39 is 5.82 Å². The van der Waals surface area contributed by atoms with E-state index in [1.54, 1.807) is 11.8 Å². The van der Waals surface area contributed by atoms with Crippen molar-refractivity contribution in [3.05, 3.63) is 59.4 Å². The van der Waals surface area contributed by atoms with Gasteiger partial charge in [0.1, 0.15) is 5.82 Å². The highest BCUT2D eigenvalue weighted by atomic mass is 35.5. The van der Waals surface area contributed by atoms with Crippen LogP contribution in [-0.4, -0.2) is 35.6 Å². The molecule has 2 aromatic rings. The first-order valence-electron chi connectivity index (χ1n) is 9.74. The van der Waals surface area contributed by atoms with Crippen molar-refractivity contribution in [2.45, 2.75) is 30.6 Å².